The maximum atomic E-state index is 12.9. The molecule has 0 atom stereocenters. The van der Waals surface area contributed by atoms with Crippen molar-refractivity contribution >= 4 is 29.9 Å². The maximum absolute atomic E-state index is 12.9. The lowest BCUT2D eigenvalue weighted by Gasteiger charge is -2.41. The molecule has 3 N–H and O–H groups in total. The average molecular weight is 391 g/mol. The van der Waals surface area contributed by atoms with Crippen molar-refractivity contribution in [2.45, 2.75) is 57.2 Å². The zero-order valence-corrected chi connectivity index (χ0v) is 13.1. The van der Waals surface area contributed by atoms with Gasteiger partial charge in [0.2, 0.25) is 0 Å². The van der Waals surface area contributed by atoms with Crippen molar-refractivity contribution in [3.8, 4) is 0 Å². The highest BCUT2D eigenvalue weighted by Gasteiger charge is 2.58. The van der Waals surface area contributed by atoms with Gasteiger partial charge in [-0.05, 0) is 25.7 Å². The van der Waals surface area contributed by atoms with Gasteiger partial charge in [0.1, 0.15) is 0 Å². The highest BCUT2D eigenvalue weighted by atomic mass is 127. The molecule has 0 unspecified atom stereocenters. The summed E-state index contributed by atoms with van der Waals surface area (Å²) in [5.41, 5.74) is 4.04. The Bertz CT molecular complexity index is 321. The number of aliphatic imine (C=N–C) groups is 1. The third-order valence-corrected chi connectivity index (χ3v) is 4.17. The van der Waals surface area contributed by atoms with E-state index in [1.54, 1.807) is 0 Å². The van der Waals surface area contributed by atoms with Crippen LogP contribution in [0.5, 0.6) is 0 Å². The number of guanidine groups is 1. The molecule has 0 bridgehead atoms. The van der Waals surface area contributed by atoms with Gasteiger partial charge in [-0.3, -0.25) is 4.99 Å². The van der Waals surface area contributed by atoms with E-state index in [-0.39, 0.29) is 55.4 Å². The average Bonchev–Trinajstić information content (AvgIpc) is 2.66. The van der Waals surface area contributed by atoms with Gasteiger partial charge < -0.3 is 11.1 Å². The lowest BCUT2D eigenvalue weighted by Crippen LogP contribution is -2.47. The van der Waals surface area contributed by atoms with Crippen molar-refractivity contribution in [1.29, 1.82) is 0 Å². The number of rotatable bonds is 3. The van der Waals surface area contributed by atoms with Crippen molar-refractivity contribution in [2.75, 3.05) is 6.54 Å². The fourth-order valence-electron chi connectivity index (χ4n) is 2.70. The zero-order valence-electron chi connectivity index (χ0n) is 10.8. The van der Waals surface area contributed by atoms with Gasteiger partial charge in [-0.15, -0.1) is 24.0 Å². The van der Waals surface area contributed by atoms with Crippen molar-refractivity contribution in [3.63, 3.8) is 0 Å². The Hall–Kier alpha value is -0.210. The Kier molecular flexibility index (Phi) is 5.76. The molecule has 3 nitrogen and oxygen atoms in total. The number of nitrogens with zero attached hydrogens (tertiary/aromatic N) is 1. The molecule has 19 heavy (non-hydrogen) atoms. The Morgan fingerprint density at radius 1 is 1.21 bits per heavy atom. The van der Waals surface area contributed by atoms with Gasteiger partial charge in [-0.1, -0.05) is 19.3 Å². The number of hydrogen-bond donors (Lipinski definition) is 2. The topological polar surface area (TPSA) is 50.4 Å². The summed E-state index contributed by atoms with van der Waals surface area (Å²) < 4.78 is 38.6. The highest BCUT2D eigenvalue weighted by molar-refractivity contribution is 14.0. The van der Waals surface area contributed by atoms with Crippen LogP contribution >= 0.6 is 24.0 Å². The molecule has 0 aromatic rings. The van der Waals surface area contributed by atoms with Crippen LogP contribution in [0, 0.1) is 5.41 Å². The molecule has 0 aromatic carbocycles. The van der Waals surface area contributed by atoms with Crippen LogP contribution in [-0.2, 0) is 0 Å². The predicted molar refractivity (Wildman–Crippen MR) is 79.6 cm³/mol. The molecule has 0 saturated heterocycles. The second-order valence-corrected chi connectivity index (χ2v) is 5.46. The predicted octanol–water partition coefficient (Wildman–Crippen LogP) is 3.18. The van der Waals surface area contributed by atoms with Gasteiger partial charge in [-0.2, -0.15) is 13.2 Å². The molecule has 0 spiro atoms. The molecule has 0 amide bonds. The Morgan fingerprint density at radius 3 is 2.21 bits per heavy atom. The fourth-order valence-corrected chi connectivity index (χ4v) is 2.70. The summed E-state index contributed by atoms with van der Waals surface area (Å²) in [7, 11) is 0. The Balaban J connectivity index is 0.00000180. The van der Waals surface area contributed by atoms with E-state index in [0.717, 1.165) is 25.7 Å². The summed E-state index contributed by atoms with van der Waals surface area (Å²) in [6, 6.07) is 0.289. The summed E-state index contributed by atoms with van der Waals surface area (Å²) in [5, 5.41) is 3.01. The minimum atomic E-state index is -4.16. The van der Waals surface area contributed by atoms with Crippen molar-refractivity contribution in [1.82, 2.24) is 5.32 Å². The second kappa shape index (κ2) is 6.49. The van der Waals surface area contributed by atoms with Crippen LogP contribution in [0.2, 0.25) is 0 Å². The van der Waals surface area contributed by atoms with Crippen LogP contribution in [0.1, 0.15) is 44.9 Å². The molecule has 0 heterocycles. The molecule has 112 valence electrons. The molecule has 2 saturated carbocycles. The Morgan fingerprint density at radius 2 is 1.79 bits per heavy atom. The third-order valence-electron chi connectivity index (χ3n) is 4.17. The minimum absolute atomic E-state index is 0. The van der Waals surface area contributed by atoms with Gasteiger partial charge in [0, 0.05) is 6.04 Å². The molecule has 0 radical (unpaired) electrons. The summed E-state index contributed by atoms with van der Waals surface area (Å²) in [6.45, 7) is -0.234. The number of nitrogens with two attached hydrogens (primary N) is 1. The van der Waals surface area contributed by atoms with E-state index < -0.39 is 11.6 Å². The summed E-state index contributed by atoms with van der Waals surface area (Å²) in [5.74, 6) is 0.164. The molecule has 0 aliphatic heterocycles. The van der Waals surface area contributed by atoms with Gasteiger partial charge in [0.05, 0.1) is 12.0 Å². The van der Waals surface area contributed by atoms with E-state index >= 15 is 0 Å². The van der Waals surface area contributed by atoms with Gasteiger partial charge in [0.15, 0.2) is 5.96 Å². The van der Waals surface area contributed by atoms with Crippen molar-refractivity contribution < 1.29 is 13.2 Å². The standard InChI is InChI=1S/C12H20F3N3.HI/c13-12(14,15)11(6-3-7-11)8-17-10(16)18-9-4-1-2-5-9;/h9H,1-8H2,(H3,16,17,18);1H. The minimum Gasteiger partial charge on any atom is -0.370 e. The van der Waals surface area contributed by atoms with E-state index in [4.69, 9.17) is 5.73 Å². The lowest BCUT2D eigenvalue weighted by atomic mass is 9.68. The molecule has 2 aliphatic carbocycles. The number of hydrogen-bond acceptors (Lipinski definition) is 1. The van der Waals surface area contributed by atoms with Crippen LogP contribution < -0.4 is 11.1 Å². The maximum Gasteiger partial charge on any atom is 0.396 e. The van der Waals surface area contributed by atoms with Gasteiger partial charge >= 0.3 is 6.18 Å². The van der Waals surface area contributed by atoms with E-state index in [2.05, 4.69) is 10.3 Å². The van der Waals surface area contributed by atoms with Crippen molar-refractivity contribution in [3.05, 3.63) is 0 Å². The summed E-state index contributed by atoms with van der Waals surface area (Å²) in [6.07, 6.45) is 1.18. The monoisotopic (exact) mass is 391 g/mol. The normalized spacial score (nSPS) is 23.6. The molecule has 2 aliphatic rings. The van der Waals surface area contributed by atoms with Gasteiger partial charge in [0.25, 0.3) is 0 Å². The first-order chi connectivity index (χ1) is 8.43. The van der Waals surface area contributed by atoms with Crippen molar-refractivity contribution in [2.24, 2.45) is 16.1 Å². The first-order valence-electron chi connectivity index (χ1n) is 6.56. The first kappa shape index (κ1) is 16.8. The SMILES string of the molecule is I.NC(=NCC1(C(F)(F)F)CCC1)NC1CCCC1. The van der Waals surface area contributed by atoms with Crippen LogP contribution in [0.4, 0.5) is 13.2 Å². The first-order valence-corrected chi connectivity index (χ1v) is 6.56. The summed E-state index contributed by atoms with van der Waals surface area (Å²) >= 11 is 0. The molecule has 2 fully saturated rings. The number of nitrogens with one attached hydrogen (secondary N) is 1. The van der Waals surface area contributed by atoms with E-state index in [1.807, 2.05) is 0 Å². The van der Waals surface area contributed by atoms with Crippen LogP contribution in [0.15, 0.2) is 4.99 Å². The third kappa shape index (κ3) is 3.88. The largest absolute Gasteiger partial charge is 0.396 e. The molecule has 7 heteroatoms. The summed E-state index contributed by atoms with van der Waals surface area (Å²) in [4.78, 5) is 3.91. The number of alkyl halides is 3. The zero-order chi connectivity index (χ0) is 13.2. The fraction of sp³-hybridized carbons (Fsp3) is 0.917. The van der Waals surface area contributed by atoms with E-state index in [9.17, 15) is 13.2 Å². The van der Waals surface area contributed by atoms with E-state index in [0.29, 0.717) is 6.42 Å². The van der Waals surface area contributed by atoms with Gasteiger partial charge in [-0.25, -0.2) is 0 Å². The smallest absolute Gasteiger partial charge is 0.370 e. The Labute approximate surface area is 128 Å². The molecule has 2 rings (SSSR count). The van der Waals surface area contributed by atoms with Crippen LogP contribution in [0.3, 0.4) is 0 Å². The lowest BCUT2D eigenvalue weighted by molar-refractivity contribution is -0.245. The van der Waals surface area contributed by atoms with Crippen LogP contribution in [-0.4, -0.2) is 24.7 Å². The van der Waals surface area contributed by atoms with E-state index in [1.165, 1.54) is 0 Å². The quantitative estimate of drug-likeness (QED) is 0.441. The molecule has 0 aromatic heterocycles. The number of halogens is 4. The molecular weight excluding hydrogens is 370 g/mol. The second-order valence-electron chi connectivity index (χ2n) is 5.46. The molecular formula is C12H21F3IN3. The van der Waals surface area contributed by atoms with Crippen LogP contribution in [0.25, 0.3) is 0 Å². The highest BCUT2D eigenvalue weighted by Crippen LogP contribution is 2.53.